The van der Waals surface area contributed by atoms with Gasteiger partial charge in [-0.1, -0.05) is 0 Å². The van der Waals surface area contributed by atoms with Crippen molar-refractivity contribution >= 4 is 49.7 Å². The summed E-state index contributed by atoms with van der Waals surface area (Å²) in [6.07, 6.45) is 7.94. The van der Waals surface area contributed by atoms with Gasteiger partial charge in [-0.05, 0) is 57.9 Å². The van der Waals surface area contributed by atoms with Crippen molar-refractivity contribution in [1.29, 1.82) is 0 Å². The summed E-state index contributed by atoms with van der Waals surface area (Å²) in [6, 6.07) is 0. The van der Waals surface area contributed by atoms with Crippen LogP contribution in [0.25, 0.3) is 10.2 Å². The van der Waals surface area contributed by atoms with Crippen LogP contribution >= 0.6 is 22.7 Å². The Morgan fingerprint density at radius 3 is 2.72 bits per heavy atom. The molecule has 4 heterocycles. The van der Waals surface area contributed by atoms with Gasteiger partial charge >= 0.3 is 0 Å². The molecule has 0 spiro atoms. The van der Waals surface area contributed by atoms with E-state index in [-0.39, 0.29) is 11.8 Å². The zero-order valence-corrected chi connectivity index (χ0v) is 18.5. The topological polar surface area (TPSA) is 71.0 Å². The van der Waals surface area contributed by atoms with Gasteiger partial charge in [0, 0.05) is 28.8 Å². The summed E-state index contributed by atoms with van der Waals surface area (Å²) in [4.78, 5) is 32.5. The number of thiophene rings is 1. The minimum absolute atomic E-state index is 0.0369. The van der Waals surface area contributed by atoms with E-state index in [1.807, 2.05) is 0 Å². The van der Waals surface area contributed by atoms with E-state index in [9.17, 15) is 4.79 Å². The average molecular weight is 428 g/mol. The number of carbonyl (C=O) groups is 1. The normalized spacial score (nSPS) is 17.5. The molecular formula is C21H25N5OS2. The van der Waals surface area contributed by atoms with Crippen LogP contribution in [0.4, 0.5) is 10.9 Å². The second-order valence-electron chi connectivity index (χ2n) is 8.01. The van der Waals surface area contributed by atoms with E-state index in [4.69, 9.17) is 0 Å². The first kappa shape index (κ1) is 18.9. The molecule has 3 aromatic heterocycles. The third-order valence-corrected chi connectivity index (χ3v) is 8.37. The quantitative estimate of drug-likeness (QED) is 0.666. The van der Waals surface area contributed by atoms with Crippen LogP contribution in [0.15, 0.2) is 6.33 Å². The monoisotopic (exact) mass is 427 g/mol. The summed E-state index contributed by atoms with van der Waals surface area (Å²) >= 11 is 3.39. The molecule has 3 aromatic rings. The van der Waals surface area contributed by atoms with Crippen molar-refractivity contribution in [3.05, 3.63) is 27.3 Å². The highest BCUT2D eigenvalue weighted by Gasteiger charge is 2.28. The van der Waals surface area contributed by atoms with Crippen molar-refractivity contribution in [2.45, 2.75) is 52.4 Å². The van der Waals surface area contributed by atoms with Gasteiger partial charge in [-0.3, -0.25) is 4.79 Å². The lowest BCUT2D eigenvalue weighted by Crippen LogP contribution is -2.38. The SMILES string of the molecule is Cc1sc2ncnc(N3CCC(C(=O)Nc4nc5c(s4)CCCC5)CC3)c2c1C. The van der Waals surface area contributed by atoms with Crippen LogP contribution in [-0.4, -0.2) is 33.9 Å². The molecule has 1 aliphatic carbocycles. The number of anilines is 2. The lowest BCUT2D eigenvalue weighted by atomic mass is 9.95. The van der Waals surface area contributed by atoms with E-state index in [1.54, 1.807) is 29.0 Å². The first-order valence-electron chi connectivity index (χ1n) is 10.3. The number of rotatable bonds is 3. The highest BCUT2D eigenvalue weighted by Crippen LogP contribution is 2.36. The molecule has 2 aliphatic rings. The number of fused-ring (bicyclic) bond motifs is 2. The summed E-state index contributed by atoms with van der Waals surface area (Å²) < 4.78 is 0. The molecule has 0 radical (unpaired) electrons. The molecule has 0 atom stereocenters. The number of aromatic nitrogens is 3. The lowest BCUT2D eigenvalue weighted by molar-refractivity contribution is -0.120. The number of aryl methyl sites for hydroxylation is 4. The van der Waals surface area contributed by atoms with Crippen molar-refractivity contribution in [3.63, 3.8) is 0 Å². The first-order chi connectivity index (χ1) is 14.1. The van der Waals surface area contributed by atoms with E-state index >= 15 is 0 Å². The van der Waals surface area contributed by atoms with Gasteiger partial charge in [0.05, 0.1) is 11.1 Å². The third-order valence-electron chi connectivity index (χ3n) is 6.19. The maximum Gasteiger partial charge on any atom is 0.229 e. The predicted molar refractivity (Wildman–Crippen MR) is 119 cm³/mol. The zero-order chi connectivity index (χ0) is 20.0. The van der Waals surface area contributed by atoms with Gasteiger partial charge in [-0.25, -0.2) is 15.0 Å². The summed E-state index contributed by atoms with van der Waals surface area (Å²) in [6.45, 7) is 5.97. The minimum atomic E-state index is 0.0369. The summed E-state index contributed by atoms with van der Waals surface area (Å²) in [5, 5.41) is 5.05. The number of nitrogens with one attached hydrogen (secondary N) is 1. The van der Waals surface area contributed by atoms with Gasteiger partial charge in [0.1, 0.15) is 17.0 Å². The number of thiazole rings is 1. The molecule has 0 aromatic carbocycles. The molecule has 1 saturated heterocycles. The zero-order valence-electron chi connectivity index (χ0n) is 16.8. The van der Waals surface area contributed by atoms with Gasteiger partial charge < -0.3 is 10.2 Å². The number of amides is 1. The largest absolute Gasteiger partial charge is 0.356 e. The molecule has 0 saturated carbocycles. The second kappa shape index (κ2) is 7.65. The van der Waals surface area contributed by atoms with Crippen molar-refractivity contribution in [1.82, 2.24) is 15.0 Å². The molecule has 1 aliphatic heterocycles. The van der Waals surface area contributed by atoms with Crippen LogP contribution in [0.1, 0.15) is 46.7 Å². The second-order valence-corrected chi connectivity index (χ2v) is 10.3. The molecule has 0 unspecified atom stereocenters. The number of piperidine rings is 1. The first-order valence-corrected chi connectivity index (χ1v) is 12.0. The van der Waals surface area contributed by atoms with E-state index < -0.39 is 0 Å². The molecule has 1 fully saturated rings. The molecule has 1 N–H and O–H groups in total. The molecule has 29 heavy (non-hydrogen) atoms. The summed E-state index contributed by atoms with van der Waals surface area (Å²) in [5.74, 6) is 1.17. The molecule has 0 bridgehead atoms. The number of carbonyl (C=O) groups excluding carboxylic acids is 1. The molecule has 8 heteroatoms. The van der Waals surface area contributed by atoms with E-state index in [0.29, 0.717) is 0 Å². The smallest absolute Gasteiger partial charge is 0.229 e. The maximum atomic E-state index is 12.8. The van der Waals surface area contributed by atoms with E-state index in [1.165, 1.54) is 39.2 Å². The Hall–Kier alpha value is -2.06. The van der Waals surface area contributed by atoms with Gasteiger partial charge in [-0.15, -0.1) is 22.7 Å². The molecule has 6 nitrogen and oxygen atoms in total. The number of hydrogen-bond donors (Lipinski definition) is 1. The lowest BCUT2D eigenvalue weighted by Gasteiger charge is -2.32. The van der Waals surface area contributed by atoms with Crippen LogP contribution in [0.2, 0.25) is 0 Å². The van der Waals surface area contributed by atoms with Crippen molar-refractivity contribution in [2.24, 2.45) is 5.92 Å². The molecule has 152 valence electrons. The average Bonchev–Trinajstić information content (AvgIpc) is 3.28. The van der Waals surface area contributed by atoms with Crippen LogP contribution in [0, 0.1) is 19.8 Å². The Morgan fingerprint density at radius 2 is 1.93 bits per heavy atom. The predicted octanol–water partition coefficient (Wildman–Crippen LogP) is 4.50. The molecule has 5 rings (SSSR count). The van der Waals surface area contributed by atoms with Crippen molar-refractivity contribution in [2.75, 3.05) is 23.3 Å². The Morgan fingerprint density at radius 1 is 1.14 bits per heavy atom. The summed E-state index contributed by atoms with van der Waals surface area (Å²) in [5.41, 5.74) is 2.47. The van der Waals surface area contributed by atoms with Crippen LogP contribution in [-0.2, 0) is 17.6 Å². The fraction of sp³-hybridized carbons (Fsp3) is 0.524. The highest BCUT2D eigenvalue weighted by atomic mass is 32.1. The van der Waals surface area contributed by atoms with Crippen LogP contribution in [0.3, 0.4) is 0 Å². The van der Waals surface area contributed by atoms with Crippen molar-refractivity contribution in [3.8, 4) is 0 Å². The van der Waals surface area contributed by atoms with Gasteiger partial charge in [0.15, 0.2) is 5.13 Å². The van der Waals surface area contributed by atoms with Crippen molar-refractivity contribution < 1.29 is 4.79 Å². The van der Waals surface area contributed by atoms with E-state index in [2.05, 4.69) is 39.0 Å². The number of nitrogens with zero attached hydrogens (tertiary/aromatic N) is 4. The highest BCUT2D eigenvalue weighted by molar-refractivity contribution is 7.18. The number of hydrogen-bond acceptors (Lipinski definition) is 7. The Labute approximate surface area is 178 Å². The fourth-order valence-electron chi connectivity index (χ4n) is 4.37. The Bertz CT molecular complexity index is 1040. The standard InChI is InChI=1S/C21H25N5OS2/c1-12-13(2)28-20-17(12)18(22-11-23-20)26-9-7-14(8-10-26)19(27)25-21-24-15-5-3-4-6-16(15)29-21/h11,14H,3-10H2,1-2H3,(H,24,25,27). The van der Waals surface area contributed by atoms with Gasteiger partial charge in [0.2, 0.25) is 5.91 Å². The summed E-state index contributed by atoms with van der Waals surface area (Å²) in [7, 11) is 0. The Balaban J connectivity index is 1.26. The van der Waals surface area contributed by atoms with Gasteiger partial charge in [-0.2, -0.15) is 0 Å². The minimum Gasteiger partial charge on any atom is -0.356 e. The van der Waals surface area contributed by atoms with Gasteiger partial charge in [0.25, 0.3) is 0 Å². The van der Waals surface area contributed by atoms with Crippen LogP contribution in [0.5, 0.6) is 0 Å². The maximum absolute atomic E-state index is 12.8. The Kier molecular flexibility index (Phi) is 4.99. The third kappa shape index (κ3) is 3.53. The fourth-order valence-corrected chi connectivity index (χ4v) is 6.41. The molecular weight excluding hydrogens is 402 g/mol. The van der Waals surface area contributed by atoms with Crippen LogP contribution < -0.4 is 10.2 Å². The molecule has 1 amide bonds. The van der Waals surface area contributed by atoms with E-state index in [0.717, 1.165) is 54.6 Å².